The van der Waals surface area contributed by atoms with Crippen molar-refractivity contribution in [2.75, 3.05) is 13.2 Å². The number of unbranched alkanes of at least 4 members (excludes halogenated alkanes) is 18. The predicted octanol–water partition coefficient (Wildman–Crippen LogP) is 18.9. The molecule has 0 N–H and O–H groups in total. The molecule has 0 saturated heterocycles. The van der Waals surface area contributed by atoms with Gasteiger partial charge < -0.3 is 14.2 Å². The summed E-state index contributed by atoms with van der Waals surface area (Å²) < 4.78 is 16.8. The van der Waals surface area contributed by atoms with Crippen molar-refractivity contribution in [2.45, 2.75) is 245 Å². The van der Waals surface area contributed by atoms with E-state index in [1.165, 1.54) is 77.0 Å². The molecule has 0 spiro atoms. The first-order valence-corrected chi connectivity index (χ1v) is 28.0. The summed E-state index contributed by atoms with van der Waals surface area (Å²) in [6.07, 6.45) is 77.7. The lowest BCUT2D eigenvalue weighted by atomic mass is 10.0. The molecule has 0 fully saturated rings. The molecule has 0 aromatic rings. The number of ether oxygens (including phenoxy) is 3. The molecule has 1 unspecified atom stereocenters. The van der Waals surface area contributed by atoms with Crippen LogP contribution in [0.3, 0.4) is 0 Å². The van der Waals surface area contributed by atoms with Crippen LogP contribution in [-0.4, -0.2) is 37.2 Å². The summed E-state index contributed by atoms with van der Waals surface area (Å²) in [5, 5.41) is 0. The van der Waals surface area contributed by atoms with Gasteiger partial charge in [0.25, 0.3) is 0 Å². The fraction of sp³-hybridized carbons (Fsp3) is 0.635. The van der Waals surface area contributed by atoms with Gasteiger partial charge in [0, 0.05) is 19.3 Å². The molecular weight excluding hydrogens is 853 g/mol. The second-order valence-corrected chi connectivity index (χ2v) is 18.1. The summed E-state index contributed by atoms with van der Waals surface area (Å²) in [6, 6.07) is 0. The van der Waals surface area contributed by atoms with Gasteiger partial charge in [-0.15, -0.1) is 0 Å². The van der Waals surface area contributed by atoms with Gasteiger partial charge in [0.05, 0.1) is 0 Å². The van der Waals surface area contributed by atoms with E-state index in [1.54, 1.807) is 0 Å². The molecule has 0 aliphatic carbocycles. The van der Waals surface area contributed by atoms with Crippen LogP contribution in [0.15, 0.2) is 122 Å². The molecule has 390 valence electrons. The van der Waals surface area contributed by atoms with Crippen LogP contribution in [0.5, 0.6) is 0 Å². The standard InChI is InChI=1S/C63H102O6/c1-4-7-10-13-16-19-22-25-27-28-29-30-31-32-33-34-36-38-41-44-47-50-53-56-62(65)68-59-60(58-67-61(64)55-52-49-46-43-40-37-24-21-18-15-12-9-6-3)69-63(66)57-54-51-48-45-42-39-35-26-23-20-17-14-11-8-5-2/h7,9-10,12,16,18-19,21,25,27,29-30,32-33,36-38,40,44,47,60H,4-6,8,11,13-15,17,20,22-24,26,28,31,34-35,39,41-43,45-46,48-59H2,1-3H3/b10-7-,12-9-,19-16-,21-18-,27-25-,30-29-,33-32-,38-36-,40-37-,47-44-. The van der Waals surface area contributed by atoms with Gasteiger partial charge >= 0.3 is 17.9 Å². The molecule has 6 nitrogen and oxygen atoms in total. The van der Waals surface area contributed by atoms with Gasteiger partial charge in [0.1, 0.15) is 13.2 Å². The summed E-state index contributed by atoms with van der Waals surface area (Å²) in [5.74, 6) is -1.00. The highest BCUT2D eigenvalue weighted by atomic mass is 16.6. The fourth-order valence-electron chi connectivity index (χ4n) is 7.33. The van der Waals surface area contributed by atoms with Crippen molar-refractivity contribution in [1.29, 1.82) is 0 Å². The van der Waals surface area contributed by atoms with Crippen LogP contribution in [0, 0.1) is 0 Å². The molecule has 69 heavy (non-hydrogen) atoms. The topological polar surface area (TPSA) is 78.9 Å². The van der Waals surface area contributed by atoms with E-state index in [1.807, 2.05) is 0 Å². The maximum atomic E-state index is 12.8. The zero-order chi connectivity index (χ0) is 50.0. The minimum absolute atomic E-state index is 0.113. The maximum absolute atomic E-state index is 12.8. The number of hydrogen-bond donors (Lipinski definition) is 0. The smallest absolute Gasteiger partial charge is 0.306 e. The number of carbonyl (C=O) groups is 3. The van der Waals surface area contributed by atoms with Crippen molar-refractivity contribution in [3.8, 4) is 0 Å². The van der Waals surface area contributed by atoms with Gasteiger partial charge in [-0.1, -0.05) is 239 Å². The second-order valence-electron chi connectivity index (χ2n) is 18.1. The first kappa shape index (κ1) is 64.8. The highest BCUT2D eigenvalue weighted by molar-refractivity contribution is 5.71. The Balaban J connectivity index is 4.49. The Morgan fingerprint density at radius 1 is 0.304 bits per heavy atom. The van der Waals surface area contributed by atoms with E-state index in [4.69, 9.17) is 14.2 Å². The Hall–Kier alpha value is -4.19. The van der Waals surface area contributed by atoms with Gasteiger partial charge in [0.15, 0.2) is 6.10 Å². The van der Waals surface area contributed by atoms with E-state index in [9.17, 15) is 14.4 Å². The number of hydrogen-bond acceptors (Lipinski definition) is 6. The van der Waals surface area contributed by atoms with E-state index in [0.29, 0.717) is 19.3 Å². The average molecular weight is 956 g/mol. The SMILES string of the molecule is CC/C=C\C/C=C\C/C=C\C/C=C\C/C=C\C/C=C\C/C=C\CCCC(=O)OCC(COC(=O)CCCCC/C=C\C/C=C\C/C=C\CC)OC(=O)CCCCCCCCCCCCCCCCC. The highest BCUT2D eigenvalue weighted by Crippen LogP contribution is 2.15. The highest BCUT2D eigenvalue weighted by Gasteiger charge is 2.19. The molecular formula is C63H102O6. The van der Waals surface area contributed by atoms with Crippen LogP contribution >= 0.6 is 0 Å². The van der Waals surface area contributed by atoms with Crippen molar-refractivity contribution in [1.82, 2.24) is 0 Å². The molecule has 0 aliphatic rings. The Kier molecular flexibility index (Phi) is 53.0. The lowest BCUT2D eigenvalue weighted by Crippen LogP contribution is -2.30. The molecule has 0 radical (unpaired) electrons. The average Bonchev–Trinajstić information content (AvgIpc) is 3.35. The number of allylic oxidation sites excluding steroid dienone is 20. The van der Waals surface area contributed by atoms with Gasteiger partial charge in [-0.05, 0) is 103 Å². The van der Waals surface area contributed by atoms with Gasteiger partial charge in [-0.3, -0.25) is 14.4 Å². The molecule has 0 amide bonds. The summed E-state index contributed by atoms with van der Waals surface area (Å²) in [4.78, 5) is 38.1. The third-order valence-electron chi connectivity index (χ3n) is 11.5. The monoisotopic (exact) mass is 955 g/mol. The van der Waals surface area contributed by atoms with Crippen molar-refractivity contribution in [3.63, 3.8) is 0 Å². The first-order chi connectivity index (χ1) is 34.0. The van der Waals surface area contributed by atoms with Crippen LogP contribution in [-0.2, 0) is 28.6 Å². The third kappa shape index (κ3) is 54.6. The molecule has 0 saturated carbocycles. The summed E-state index contributed by atoms with van der Waals surface area (Å²) in [7, 11) is 0. The van der Waals surface area contributed by atoms with Crippen LogP contribution < -0.4 is 0 Å². The Morgan fingerprint density at radius 2 is 0.580 bits per heavy atom. The Bertz CT molecular complexity index is 1470. The van der Waals surface area contributed by atoms with Crippen molar-refractivity contribution < 1.29 is 28.6 Å². The van der Waals surface area contributed by atoms with Crippen LogP contribution in [0.25, 0.3) is 0 Å². The summed E-state index contributed by atoms with van der Waals surface area (Å²) >= 11 is 0. The minimum atomic E-state index is -0.815. The largest absolute Gasteiger partial charge is 0.462 e. The molecule has 0 rings (SSSR count). The van der Waals surface area contributed by atoms with Crippen molar-refractivity contribution >= 4 is 17.9 Å². The minimum Gasteiger partial charge on any atom is -0.462 e. The molecule has 0 aromatic carbocycles. The summed E-state index contributed by atoms with van der Waals surface area (Å²) in [6.45, 7) is 6.33. The van der Waals surface area contributed by atoms with Crippen molar-refractivity contribution in [2.24, 2.45) is 0 Å². The lowest BCUT2D eigenvalue weighted by Gasteiger charge is -2.18. The zero-order valence-electron chi connectivity index (χ0n) is 44.5. The zero-order valence-corrected chi connectivity index (χ0v) is 44.5. The first-order valence-electron chi connectivity index (χ1n) is 28.0. The molecule has 1 atom stereocenters. The second kappa shape index (κ2) is 56.4. The van der Waals surface area contributed by atoms with E-state index >= 15 is 0 Å². The predicted molar refractivity (Wildman–Crippen MR) is 297 cm³/mol. The molecule has 0 heterocycles. The van der Waals surface area contributed by atoms with Crippen LogP contribution in [0.2, 0.25) is 0 Å². The van der Waals surface area contributed by atoms with E-state index in [-0.39, 0.29) is 37.5 Å². The Morgan fingerprint density at radius 3 is 0.942 bits per heavy atom. The van der Waals surface area contributed by atoms with Crippen LogP contribution in [0.1, 0.15) is 239 Å². The number of esters is 3. The Labute approximate surface area is 424 Å². The fourth-order valence-corrected chi connectivity index (χ4v) is 7.33. The van der Waals surface area contributed by atoms with E-state index < -0.39 is 6.10 Å². The molecule has 0 bridgehead atoms. The van der Waals surface area contributed by atoms with E-state index in [2.05, 4.69) is 142 Å². The normalized spacial score (nSPS) is 13.0. The molecule has 6 heteroatoms. The van der Waals surface area contributed by atoms with Gasteiger partial charge in [-0.2, -0.15) is 0 Å². The molecule has 0 aromatic heterocycles. The number of carbonyl (C=O) groups excluding carboxylic acids is 3. The lowest BCUT2D eigenvalue weighted by molar-refractivity contribution is -0.167. The maximum Gasteiger partial charge on any atom is 0.306 e. The quantitative estimate of drug-likeness (QED) is 0.0262. The number of rotatable bonds is 49. The van der Waals surface area contributed by atoms with E-state index in [0.717, 1.165) is 116 Å². The third-order valence-corrected chi connectivity index (χ3v) is 11.5. The van der Waals surface area contributed by atoms with Gasteiger partial charge in [-0.25, -0.2) is 0 Å². The van der Waals surface area contributed by atoms with Gasteiger partial charge in [0.2, 0.25) is 0 Å². The van der Waals surface area contributed by atoms with Crippen molar-refractivity contribution in [3.05, 3.63) is 122 Å². The summed E-state index contributed by atoms with van der Waals surface area (Å²) in [5.41, 5.74) is 0. The van der Waals surface area contributed by atoms with Crippen LogP contribution in [0.4, 0.5) is 0 Å². The molecule has 0 aliphatic heterocycles.